The van der Waals surface area contributed by atoms with Gasteiger partial charge >= 0.3 is 6.03 Å². The second-order valence-corrected chi connectivity index (χ2v) is 8.03. The van der Waals surface area contributed by atoms with E-state index < -0.39 is 0 Å². The topological polar surface area (TPSA) is 53.4 Å². The van der Waals surface area contributed by atoms with Crippen LogP contribution in [0.2, 0.25) is 0 Å². The Bertz CT molecular complexity index is 802. The highest BCUT2D eigenvalue weighted by Crippen LogP contribution is 2.27. The Kier molecular flexibility index (Phi) is 5.55. The predicted octanol–water partition coefficient (Wildman–Crippen LogP) is 3.65. The molecule has 0 bridgehead atoms. The zero-order chi connectivity index (χ0) is 19.5. The second kappa shape index (κ2) is 8.25. The molecule has 1 aliphatic carbocycles. The van der Waals surface area contributed by atoms with Gasteiger partial charge in [-0.25, -0.2) is 9.48 Å². The molecule has 0 atom stereocenters. The number of rotatable bonds is 3. The Morgan fingerprint density at radius 3 is 2.36 bits per heavy atom. The van der Waals surface area contributed by atoms with Gasteiger partial charge in [0.25, 0.3) is 0 Å². The molecular formula is C22H31N5O. The lowest BCUT2D eigenvalue weighted by molar-refractivity contribution is 0.186. The molecule has 1 saturated heterocycles. The summed E-state index contributed by atoms with van der Waals surface area (Å²) in [6.07, 6.45) is 6.04. The molecule has 28 heavy (non-hydrogen) atoms. The molecule has 0 unspecified atom stereocenters. The first kappa shape index (κ1) is 18.8. The van der Waals surface area contributed by atoms with Crippen molar-refractivity contribution in [3.8, 4) is 5.69 Å². The molecule has 2 amide bonds. The molecule has 2 heterocycles. The van der Waals surface area contributed by atoms with Crippen molar-refractivity contribution >= 4 is 11.7 Å². The maximum Gasteiger partial charge on any atom is 0.317 e. The summed E-state index contributed by atoms with van der Waals surface area (Å²) >= 11 is 0. The van der Waals surface area contributed by atoms with Crippen LogP contribution in [0.1, 0.15) is 43.5 Å². The van der Waals surface area contributed by atoms with E-state index in [1.807, 2.05) is 27.8 Å². The van der Waals surface area contributed by atoms with Gasteiger partial charge in [0.05, 0.1) is 22.8 Å². The van der Waals surface area contributed by atoms with Crippen LogP contribution in [-0.4, -0.2) is 52.9 Å². The van der Waals surface area contributed by atoms with Crippen molar-refractivity contribution in [2.24, 2.45) is 0 Å². The smallest absolute Gasteiger partial charge is 0.317 e. The lowest BCUT2D eigenvalue weighted by atomic mass is 9.96. The SMILES string of the molecule is Cc1nn(-c2ccccc2)c(C)c1N1CCN(C(=O)NC2CCCCC2)CC1. The maximum atomic E-state index is 12.6. The molecule has 4 rings (SSSR count). The van der Waals surface area contributed by atoms with Gasteiger partial charge in [0.1, 0.15) is 0 Å². The maximum absolute atomic E-state index is 12.6. The van der Waals surface area contributed by atoms with Crippen LogP contribution in [-0.2, 0) is 0 Å². The zero-order valence-corrected chi connectivity index (χ0v) is 17.0. The van der Waals surface area contributed by atoms with Crippen molar-refractivity contribution in [2.45, 2.75) is 52.0 Å². The molecule has 0 radical (unpaired) electrons. The number of aryl methyl sites for hydroxylation is 1. The normalized spacial score (nSPS) is 18.4. The molecule has 2 fully saturated rings. The summed E-state index contributed by atoms with van der Waals surface area (Å²) in [5.41, 5.74) is 4.49. The largest absolute Gasteiger partial charge is 0.365 e. The highest BCUT2D eigenvalue weighted by Gasteiger charge is 2.26. The Morgan fingerprint density at radius 2 is 1.68 bits per heavy atom. The molecule has 6 heteroatoms. The first-order valence-corrected chi connectivity index (χ1v) is 10.6. The van der Waals surface area contributed by atoms with E-state index in [9.17, 15) is 4.79 Å². The standard InChI is InChI=1S/C22H31N5O/c1-17-21(18(2)27(24-17)20-11-7-4-8-12-20)25-13-15-26(16-14-25)22(28)23-19-9-5-3-6-10-19/h4,7-8,11-12,19H,3,5-6,9-10,13-16H2,1-2H3,(H,23,28). The van der Waals surface area contributed by atoms with E-state index in [0.717, 1.165) is 56.1 Å². The van der Waals surface area contributed by atoms with E-state index >= 15 is 0 Å². The van der Waals surface area contributed by atoms with Crippen molar-refractivity contribution in [1.29, 1.82) is 0 Å². The molecule has 1 aliphatic heterocycles. The number of hydrogen-bond acceptors (Lipinski definition) is 3. The van der Waals surface area contributed by atoms with Crippen LogP contribution in [0.5, 0.6) is 0 Å². The molecular weight excluding hydrogens is 350 g/mol. The lowest BCUT2D eigenvalue weighted by Gasteiger charge is -2.37. The first-order valence-electron chi connectivity index (χ1n) is 10.6. The second-order valence-electron chi connectivity index (χ2n) is 8.03. The minimum absolute atomic E-state index is 0.111. The minimum Gasteiger partial charge on any atom is -0.365 e. The van der Waals surface area contributed by atoms with Gasteiger partial charge in [-0.05, 0) is 38.8 Å². The van der Waals surface area contributed by atoms with Crippen LogP contribution in [0.25, 0.3) is 5.69 Å². The van der Waals surface area contributed by atoms with Crippen LogP contribution >= 0.6 is 0 Å². The number of amides is 2. The zero-order valence-electron chi connectivity index (χ0n) is 17.0. The lowest BCUT2D eigenvalue weighted by Crippen LogP contribution is -2.53. The van der Waals surface area contributed by atoms with Crippen LogP contribution in [0, 0.1) is 13.8 Å². The number of nitrogens with one attached hydrogen (secondary N) is 1. The fourth-order valence-electron chi connectivity index (χ4n) is 4.56. The number of piperazine rings is 1. The van der Waals surface area contributed by atoms with Gasteiger partial charge in [-0.3, -0.25) is 0 Å². The third-order valence-electron chi connectivity index (χ3n) is 6.07. The summed E-state index contributed by atoms with van der Waals surface area (Å²) in [4.78, 5) is 17.0. The summed E-state index contributed by atoms with van der Waals surface area (Å²) in [6, 6.07) is 10.7. The minimum atomic E-state index is 0.111. The van der Waals surface area contributed by atoms with Crippen molar-refractivity contribution < 1.29 is 4.79 Å². The van der Waals surface area contributed by atoms with Gasteiger partial charge in [0, 0.05) is 32.2 Å². The van der Waals surface area contributed by atoms with E-state index in [1.54, 1.807) is 0 Å². The van der Waals surface area contributed by atoms with E-state index in [4.69, 9.17) is 5.10 Å². The van der Waals surface area contributed by atoms with Crippen molar-refractivity contribution in [3.63, 3.8) is 0 Å². The van der Waals surface area contributed by atoms with E-state index in [2.05, 4.69) is 36.2 Å². The molecule has 1 aromatic carbocycles. The molecule has 2 aromatic rings. The molecule has 1 saturated carbocycles. The Hall–Kier alpha value is -2.50. The number of aromatic nitrogens is 2. The summed E-state index contributed by atoms with van der Waals surface area (Å²) in [5, 5.41) is 8.01. The van der Waals surface area contributed by atoms with Gasteiger partial charge in [-0.1, -0.05) is 37.5 Å². The molecule has 1 aromatic heterocycles. The average molecular weight is 382 g/mol. The third-order valence-corrected chi connectivity index (χ3v) is 6.07. The van der Waals surface area contributed by atoms with Crippen LogP contribution in [0.15, 0.2) is 30.3 Å². The molecule has 1 N–H and O–H groups in total. The Morgan fingerprint density at radius 1 is 1.00 bits per heavy atom. The third kappa shape index (κ3) is 3.86. The fourth-order valence-corrected chi connectivity index (χ4v) is 4.56. The highest BCUT2D eigenvalue weighted by atomic mass is 16.2. The predicted molar refractivity (Wildman–Crippen MR) is 112 cm³/mol. The van der Waals surface area contributed by atoms with Crippen molar-refractivity contribution in [2.75, 3.05) is 31.1 Å². The monoisotopic (exact) mass is 381 g/mol. The molecule has 2 aliphatic rings. The summed E-state index contributed by atoms with van der Waals surface area (Å²) in [5.74, 6) is 0. The summed E-state index contributed by atoms with van der Waals surface area (Å²) < 4.78 is 2.02. The highest BCUT2D eigenvalue weighted by molar-refractivity contribution is 5.75. The fraction of sp³-hybridized carbons (Fsp3) is 0.545. The molecule has 150 valence electrons. The Labute approximate surface area is 167 Å². The number of carbonyl (C=O) groups is 1. The number of carbonyl (C=O) groups excluding carboxylic acids is 1. The molecule has 0 spiro atoms. The number of hydrogen-bond donors (Lipinski definition) is 1. The quantitative estimate of drug-likeness (QED) is 0.883. The van der Waals surface area contributed by atoms with E-state index in [0.29, 0.717) is 6.04 Å². The van der Waals surface area contributed by atoms with Crippen molar-refractivity contribution in [1.82, 2.24) is 20.0 Å². The van der Waals surface area contributed by atoms with Crippen LogP contribution in [0.4, 0.5) is 10.5 Å². The van der Waals surface area contributed by atoms with Gasteiger partial charge in [0.2, 0.25) is 0 Å². The number of benzene rings is 1. The summed E-state index contributed by atoms with van der Waals surface area (Å²) in [7, 11) is 0. The van der Waals surface area contributed by atoms with Gasteiger partial charge in [-0.2, -0.15) is 5.10 Å². The van der Waals surface area contributed by atoms with Gasteiger partial charge in [-0.15, -0.1) is 0 Å². The average Bonchev–Trinajstić information content (AvgIpc) is 3.03. The van der Waals surface area contributed by atoms with Gasteiger partial charge in [0.15, 0.2) is 0 Å². The number of urea groups is 1. The van der Waals surface area contributed by atoms with Gasteiger partial charge < -0.3 is 15.1 Å². The van der Waals surface area contributed by atoms with E-state index in [-0.39, 0.29) is 6.03 Å². The summed E-state index contributed by atoms with van der Waals surface area (Å²) in [6.45, 7) is 7.41. The number of para-hydroxylation sites is 1. The Balaban J connectivity index is 1.40. The van der Waals surface area contributed by atoms with Crippen LogP contribution in [0.3, 0.4) is 0 Å². The number of nitrogens with zero attached hydrogens (tertiary/aromatic N) is 4. The number of anilines is 1. The van der Waals surface area contributed by atoms with E-state index in [1.165, 1.54) is 24.9 Å². The van der Waals surface area contributed by atoms with Crippen molar-refractivity contribution in [3.05, 3.63) is 41.7 Å². The molecule has 6 nitrogen and oxygen atoms in total. The van der Waals surface area contributed by atoms with Crippen LogP contribution < -0.4 is 10.2 Å². The first-order chi connectivity index (χ1) is 13.6.